The Morgan fingerprint density at radius 2 is 1.86 bits per heavy atom. The highest BCUT2D eigenvalue weighted by molar-refractivity contribution is 5.94. The van der Waals surface area contributed by atoms with E-state index in [4.69, 9.17) is 4.74 Å². The molecule has 2 rings (SSSR count). The molecule has 0 heterocycles. The first-order valence-corrected chi connectivity index (χ1v) is 6.87. The van der Waals surface area contributed by atoms with Crippen molar-refractivity contribution in [1.82, 2.24) is 0 Å². The number of carbonyl (C=O) groups excluding carboxylic acids is 1. The van der Waals surface area contributed by atoms with Crippen LogP contribution in [0.15, 0.2) is 36.4 Å². The van der Waals surface area contributed by atoms with Crippen molar-refractivity contribution < 1.29 is 18.3 Å². The summed E-state index contributed by atoms with van der Waals surface area (Å²) in [6, 6.07) is 8.76. The second kappa shape index (κ2) is 6.56. The highest BCUT2D eigenvalue weighted by atomic mass is 19.2. The maximum Gasteiger partial charge on any atom is 0.265 e. The molecule has 0 aliphatic carbocycles. The first kappa shape index (κ1) is 15.9. The predicted molar refractivity (Wildman–Crippen MR) is 81.0 cm³/mol. The largest absolute Gasteiger partial charge is 0.481 e. The zero-order valence-corrected chi connectivity index (χ0v) is 12.6. The molecule has 0 aromatic heterocycles. The number of rotatable bonds is 4. The Bertz CT molecular complexity index is 701. The summed E-state index contributed by atoms with van der Waals surface area (Å²) in [6.45, 7) is 5.45. The minimum absolute atomic E-state index is 0.181. The number of benzene rings is 2. The first-order valence-electron chi connectivity index (χ1n) is 6.87. The van der Waals surface area contributed by atoms with Crippen LogP contribution in [0.4, 0.5) is 14.5 Å². The number of anilines is 1. The lowest BCUT2D eigenvalue weighted by atomic mass is 10.1. The van der Waals surface area contributed by atoms with Gasteiger partial charge in [0.05, 0.1) is 0 Å². The fourth-order valence-corrected chi connectivity index (χ4v) is 1.91. The summed E-state index contributed by atoms with van der Waals surface area (Å²) in [5.74, 6) is -1.79. The van der Waals surface area contributed by atoms with Gasteiger partial charge in [-0.3, -0.25) is 4.79 Å². The smallest absolute Gasteiger partial charge is 0.265 e. The van der Waals surface area contributed by atoms with E-state index in [1.54, 1.807) is 13.0 Å². The van der Waals surface area contributed by atoms with Gasteiger partial charge in [0, 0.05) is 11.8 Å². The van der Waals surface area contributed by atoms with Crippen LogP contribution < -0.4 is 10.1 Å². The van der Waals surface area contributed by atoms with Crippen LogP contribution in [0.1, 0.15) is 18.1 Å². The van der Waals surface area contributed by atoms with Crippen molar-refractivity contribution in [2.75, 3.05) is 5.32 Å². The van der Waals surface area contributed by atoms with Crippen molar-refractivity contribution in [2.24, 2.45) is 0 Å². The first-order chi connectivity index (χ1) is 10.4. The Hall–Kier alpha value is -2.43. The SMILES string of the molecule is Cc1cccc(O[C@H](C)C(=O)Nc2ccc(F)c(F)c2)c1C. The Labute approximate surface area is 127 Å². The van der Waals surface area contributed by atoms with Crippen molar-refractivity contribution in [1.29, 1.82) is 0 Å². The third-order valence-electron chi connectivity index (χ3n) is 3.42. The average Bonchev–Trinajstić information content (AvgIpc) is 2.47. The second-order valence-corrected chi connectivity index (χ2v) is 5.08. The highest BCUT2D eigenvalue weighted by Crippen LogP contribution is 2.22. The summed E-state index contributed by atoms with van der Waals surface area (Å²) in [5.41, 5.74) is 2.20. The van der Waals surface area contributed by atoms with Crippen molar-refractivity contribution >= 4 is 11.6 Å². The van der Waals surface area contributed by atoms with Crippen LogP contribution in [0.25, 0.3) is 0 Å². The van der Waals surface area contributed by atoms with Crippen LogP contribution in [-0.4, -0.2) is 12.0 Å². The van der Waals surface area contributed by atoms with Gasteiger partial charge in [-0.2, -0.15) is 0 Å². The molecular formula is C17H17F2NO2. The van der Waals surface area contributed by atoms with E-state index in [9.17, 15) is 13.6 Å². The molecule has 0 spiro atoms. The molecule has 1 atom stereocenters. The molecule has 0 radical (unpaired) electrons. The summed E-state index contributed by atoms with van der Waals surface area (Å²) in [6.07, 6.45) is -0.770. The minimum atomic E-state index is -1.01. The van der Waals surface area contributed by atoms with Gasteiger partial charge in [-0.25, -0.2) is 8.78 Å². The number of carbonyl (C=O) groups is 1. The maximum absolute atomic E-state index is 13.1. The second-order valence-electron chi connectivity index (χ2n) is 5.08. The summed E-state index contributed by atoms with van der Waals surface area (Å²) in [5, 5.41) is 2.49. The van der Waals surface area contributed by atoms with Crippen molar-refractivity contribution in [3.8, 4) is 5.75 Å². The summed E-state index contributed by atoms with van der Waals surface area (Å²) in [7, 11) is 0. The van der Waals surface area contributed by atoms with E-state index < -0.39 is 23.6 Å². The van der Waals surface area contributed by atoms with Crippen LogP contribution in [0.3, 0.4) is 0 Å². The fourth-order valence-electron chi connectivity index (χ4n) is 1.91. The van der Waals surface area contributed by atoms with Crippen LogP contribution in [-0.2, 0) is 4.79 Å². The molecule has 5 heteroatoms. The molecule has 0 fully saturated rings. The topological polar surface area (TPSA) is 38.3 Å². The summed E-state index contributed by atoms with van der Waals surface area (Å²) in [4.78, 5) is 12.1. The van der Waals surface area contributed by atoms with Gasteiger partial charge in [-0.05, 0) is 50.1 Å². The van der Waals surface area contributed by atoms with E-state index in [0.717, 1.165) is 23.3 Å². The van der Waals surface area contributed by atoms with Gasteiger partial charge >= 0.3 is 0 Å². The Balaban J connectivity index is 2.06. The number of hydrogen-bond acceptors (Lipinski definition) is 2. The lowest BCUT2D eigenvalue weighted by Gasteiger charge is -2.17. The van der Waals surface area contributed by atoms with Crippen LogP contribution in [0, 0.1) is 25.5 Å². The molecule has 1 N–H and O–H groups in total. The van der Waals surface area contributed by atoms with E-state index in [2.05, 4.69) is 5.32 Å². The number of halogens is 2. The quantitative estimate of drug-likeness (QED) is 0.927. The molecular weight excluding hydrogens is 288 g/mol. The molecule has 0 saturated heterocycles. The highest BCUT2D eigenvalue weighted by Gasteiger charge is 2.17. The zero-order chi connectivity index (χ0) is 16.3. The van der Waals surface area contributed by atoms with Gasteiger partial charge in [0.1, 0.15) is 5.75 Å². The lowest BCUT2D eigenvalue weighted by molar-refractivity contribution is -0.122. The van der Waals surface area contributed by atoms with Crippen LogP contribution in [0.2, 0.25) is 0 Å². The van der Waals surface area contributed by atoms with E-state index in [1.165, 1.54) is 6.07 Å². The van der Waals surface area contributed by atoms with Gasteiger partial charge in [-0.1, -0.05) is 12.1 Å². The van der Waals surface area contributed by atoms with Crippen molar-refractivity contribution in [3.63, 3.8) is 0 Å². The van der Waals surface area contributed by atoms with Gasteiger partial charge in [0.15, 0.2) is 17.7 Å². The Morgan fingerprint density at radius 1 is 1.14 bits per heavy atom. The van der Waals surface area contributed by atoms with E-state index >= 15 is 0 Å². The summed E-state index contributed by atoms with van der Waals surface area (Å²) >= 11 is 0. The van der Waals surface area contributed by atoms with Crippen LogP contribution in [0.5, 0.6) is 5.75 Å². The van der Waals surface area contributed by atoms with Crippen molar-refractivity contribution in [2.45, 2.75) is 26.9 Å². The fraction of sp³-hybridized carbons (Fsp3) is 0.235. The number of hydrogen-bond donors (Lipinski definition) is 1. The Kier molecular flexibility index (Phi) is 4.75. The average molecular weight is 305 g/mol. The Morgan fingerprint density at radius 3 is 2.55 bits per heavy atom. The molecule has 0 aliphatic rings. The van der Waals surface area contributed by atoms with Gasteiger partial charge in [-0.15, -0.1) is 0 Å². The minimum Gasteiger partial charge on any atom is -0.481 e. The number of amides is 1. The molecule has 0 bridgehead atoms. The van der Waals surface area contributed by atoms with E-state index in [-0.39, 0.29) is 5.69 Å². The monoisotopic (exact) mass is 305 g/mol. The van der Waals surface area contributed by atoms with E-state index in [1.807, 2.05) is 26.0 Å². The van der Waals surface area contributed by atoms with Crippen LogP contribution >= 0.6 is 0 Å². The normalized spacial score (nSPS) is 11.9. The third-order valence-corrected chi connectivity index (χ3v) is 3.42. The molecule has 0 aliphatic heterocycles. The molecule has 2 aromatic rings. The van der Waals surface area contributed by atoms with Gasteiger partial charge < -0.3 is 10.1 Å². The molecule has 116 valence electrons. The molecule has 3 nitrogen and oxygen atoms in total. The molecule has 2 aromatic carbocycles. The number of nitrogens with one attached hydrogen (secondary N) is 1. The molecule has 22 heavy (non-hydrogen) atoms. The molecule has 1 amide bonds. The maximum atomic E-state index is 13.1. The zero-order valence-electron chi connectivity index (χ0n) is 12.6. The molecule has 0 saturated carbocycles. The standard InChI is InChI=1S/C17H17F2NO2/c1-10-5-4-6-16(11(10)2)22-12(3)17(21)20-13-7-8-14(18)15(19)9-13/h4-9,12H,1-3H3,(H,20,21)/t12-/m1/s1. The number of aryl methyl sites for hydroxylation is 1. The van der Waals surface area contributed by atoms with E-state index in [0.29, 0.717) is 5.75 Å². The third kappa shape index (κ3) is 3.61. The van der Waals surface area contributed by atoms with Crippen molar-refractivity contribution in [3.05, 3.63) is 59.2 Å². The van der Waals surface area contributed by atoms with Gasteiger partial charge in [0.2, 0.25) is 0 Å². The summed E-state index contributed by atoms with van der Waals surface area (Å²) < 4.78 is 31.6. The predicted octanol–water partition coefficient (Wildman–Crippen LogP) is 3.99. The number of ether oxygens (including phenoxy) is 1. The molecule has 0 unspecified atom stereocenters. The van der Waals surface area contributed by atoms with Gasteiger partial charge in [0.25, 0.3) is 5.91 Å². The lowest BCUT2D eigenvalue weighted by Crippen LogP contribution is -2.30.